The number of nitriles is 1. The molecule has 12 heteroatoms. The molecule has 0 aliphatic carbocycles. The Kier molecular flexibility index (Phi) is 8.30. The molecule has 0 spiro atoms. The maximum Gasteiger partial charge on any atom is 0.341 e. The number of hydrogen-bond acceptors (Lipinski definition) is 5. The van der Waals surface area contributed by atoms with Gasteiger partial charge in [0.1, 0.15) is 11.4 Å². The summed E-state index contributed by atoms with van der Waals surface area (Å²) in [6, 6.07) is 20.2. The van der Waals surface area contributed by atoms with E-state index < -0.39 is 41.0 Å². The van der Waals surface area contributed by atoms with Crippen LogP contribution in [0.3, 0.4) is 0 Å². The van der Waals surface area contributed by atoms with Gasteiger partial charge in [0.2, 0.25) is 0 Å². The Morgan fingerprint density at radius 2 is 1.36 bits per heavy atom. The number of nitrogens with one attached hydrogen (secondary N) is 2. The minimum atomic E-state index is -1.50. The summed E-state index contributed by atoms with van der Waals surface area (Å²) in [5.74, 6) is -6.43. The van der Waals surface area contributed by atoms with Crippen LogP contribution in [0, 0.1) is 29.0 Å². The van der Waals surface area contributed by atoms with Crippen LogP contribution in [0.5, 0.6) is 0 Å². The summed E-state index contributed by atoms with van der Waals surface area (Å²) < 4.78 is 29.2. The molecule has 0 heterocycles. The lowest BCUT2D eigenvalue weighted by atomic mass is 10.1. The number of rotatable bonds is 6. The summed E-state index contributed by atoms with van der Waals surface area (Å²) in [7, 11) is 0. The zero-order valence-electron chi connectivity index (χ0n) is 21.2. The topological polar surface area (TPSA) is 161 Å². The predicted octanol–water partition coefficient (Wildman–Crippen LogP) is 5.75. The van der Waals surface area contributed by atoms with Crippen LogP contribution in [0.1, 0.15) is 52.6 Å². The molecule has 0 atom stereocenters. The molecule has 0 aliphatic heterocycles. The molecule has 0 bridgehead atoms. The van der Waals surface area contributed by atoms with Crippen LogP contribution >= 0.6 is 0 Å². The van der Waals surface area contributed by atoms with Crippen molar-refractivity contribution in [3.63, 3.8) is 0 Å². The van der Waals surface area contributed by atoms with Gasteiger partial charge in [0.15, 0.2) is 5.82 Å². The summed E-state index contributed by atoms with van der Waals surface area (Å²) in [6.45, 7) is 0. The first kappa shape index (κ1) is 28.6. The normalized spacial score (nSPS) is 10.0. The van der Waals surface area contributed by atoms with Crippen LogP contribution in [0.25, 0.3) is 4.85 Å². The van der Waals surface area contributed by atoms with Crippen molar-refractivity contribution >= 4 is 40.8 Å². The molecule has 0 radical (unpaired) electrons. The third-order valence-corrected chi connectivity index (χ3v) is 5.78. The van der Waals surface area contributed by atoms with E-state index in [0.717, 1.165) is 24.3 Å². The van der Waals surface area contributed by atoms with Crippen molar-refractivity contribution < 1.29 is 38.2 Å². The molecule has 0 fully saturated rings. The van der Waals surface area contributed by atoms with Gasteiger partial charge in [-0.25, -0.2) is 18.4 Å². The largest absolute Gasteiger partial charge is 0.478 e. The number of nitrogens with zero attached hydrogens (tertiary/aromatic N) is 2. The van der Waals surface area contributed by atoms with Gasteiger partial charge in [0.05, 0.1) is 45.3 Å². The highest BCUT2D eigenvalue weighted by Crippen LogP contribution is 2.24. The van der Waals surface area contributed by atoms with E-state index in [4.69, 9.17) is 5.26 Å². The lowest BCUT2D eigenvalue weighted by molar-refractivity contribution is 0.0683. The maximum absolute atomic E-state index is 15.1. The molecular formula is C30H17F2N4O6+. The molecule has 0 aliphatic rings. The van der Waals surface area contributed by atoms with E-state index in [1.807, 2.05) is 0 Å². The van der Waals surface area contributed by atoms with Crippen molar-refractivity contribution in [2.45, 2.75) is 0 Å². The minimum Gasteiger partial charge on any atom is -0.478 e. The van der Waals surface area contributed by atoms with Gasteiger partial charge < -0.3 is 20.8 Å². The smallest absolute Gasteiger partial charge is 0.341 e. The van der Waals surface area contributed by atoms with Crippen molar-refractivity contribution in [3.8, 4) is 12.1 Å². The van der Waals surface area contributed by atoms with Crippen LogP contribution < -0.4 is 10.6 Å². The fourth-order valence-corrected chi connectivity index (χ4v) is 3.75. The van der Waals surface area contributed by atoms with Gasteiger partial charge >= 0.3 is 23.7 Å². The molecule has 42 heavy (non-hydrogen) atoms. The molecule has 2 amide bonds. The Bertz CT molecular complexity index is 1890. The molecule has 10 nitrogen and oxygen atoms in total. The molecule has 4 rings (SSSR count). The average molecular weight is 567 g/mol. The first-order chi connectivity index (χ1) is 20.1. The van der Waals surface area contributed by atoms with Crippen LogP contribution in [-0.4, -0.2) is 34.0 Å². The number of carboxylic acids is 2. The van der Waals surface area contributed by atoms with Crippen LogP contribution in [0.4, 0.5) is 25.8 Å². The Morgan fingerprint density at radius 1 is 0.714 bits per heavy atom. The third kappa shape index (κ3) is 6.25. The van der Waals surface area contributed by atoms with Gasteiger partial charge in [-0.15, -0.1) is 0 Å². The second kappa shape index (κ2) is 12.2. The lowest BCUT2D eigenvalue weighted by Crippen LogP contribution is -2.17. The third-order valence-electron chi connectivity index (χ3n) is 5.78. The maximum atomic E-state index is 15.1. The zero-order valence-corrected chi connectivity index (χ0v) is 21.2. The van der Waals surface area contributed by atoms with E-state index in [0.29, 0.717) is 0 Å². The molecule has 4 aromatic rings. The van der Waals surface area contributed by atoms with Gasteiger partial charge in [-0.3, -0.25) is 9.59 Å². The molecule has 0 aromatic heterocycles. The first-order valence-electron chi connectivity index (χ1n) is 11.9. The fraction of sp³-hybridized carbons (Fsp3) is 0. The van der Waals surface area contributed by atoms with Crippen molar-refractivity contribution in [2.24, 2.45) is 0 Å². The second-order valence-electron chi connectivity index (χ2n) is 8.49. The van der Waals surface area contributed by atoms with Crippen LogP contribution in [-0.2, 0) is 0 Å². The van der Waals surface area contributed by atoms with E-state index >= 15 is 4.39 Å². The van der Waals surface area contributed by atoms with Gasteiger partial charge in [-0.2, -0.15) is 5.26 Å². The fourth-order valence-electron chi connectivity index (χ4n) is 3.75. The van der Waals surface area contributed by atoms with Crippen molar-refractivity contribution in [3.05, 3.63) is 129 Å². The quantitative estimate of drug-likeness (QED) is 0.231. The summed E-state index contributed by atoms with van der Waals surface area (Å²) >= 11 is 0. The van der Waals surface area contributed by atoms with Gasteiger partial charge in [-0.05, 0) is 53.4 Å². The van der Waals surface area contributed by atoms with Gasteiger partial charge in [-0.1, -0.05) is 18.2 Å². The van der Waals surface area contributed by atoms with E-state index in [-0.39, 0.29) is 44.9 Å². The minimum absolute atomic E-state index is 0.0224. The Hall–Kier alpha value is -6.40. The molecule has 0 saturated carbocycles. The van der Waals surface area contributed by atoms with Crippen molar-refractivity contribution in [1.82, 2.24) is 0 Å². The van der Waals surface area contributed by atoms with E-state index in [2.05, 4.69) is 21.5 Å². The van der Waals surface area contributed by atoms with Crippen LogP contribution in [0.2, 0.25) is 0 Å². The van der Waals surface area contributed by atoms with Crippen LogP contribution in [0.15, 0.2) is 78.9 Å². The highest BCUT2D eigenvalue weighted by Gasteiger charge is 2.22. The van der Waals surface area contributed by atoms with E-state index in [1.165, 1.54) is 54.6 Å². The average Bonchev–Trinajstić information content (AvgIpc) is 2.98. The monoisotopic (exact) mass is 567 g/mol. The van der Waals surface area contributed by atoms with E-state index in [9.17, 15) is 33.8 Å². The molecular weight excluding hydrogens is 550 g/mol. The number of anilines is 2. The molecule has 0 unspecified atom stereocenters. The first-order valence-corrected chi connectivity index (χ1v) is 11.9. The van der Waals surface area contributed by atoms with Gasteiger partial charge in [0.25, 0.3) is 11.8 Å². The number of aromatic carboxylic acids is 2. The molecule has 4 aromatic carbocycles. The highest BCUT2D eigenvalue weighted by atomic mass is 19.1. The second-order valence-corrected chi connectivity index (χ2v) is 8.49. The zero-order chi connectivity index (χ0) is 30.4. The molecule has 0 saturated heterocycles. The number of benzene rings is 4. The summed E-state index contributed by atoms with van der Waals surface area (Å²) in [5.41, 5.74) is -2.05. The SMILES string of the molecule is N#Cc1ccc(F)c(NC(=O)c2ccc([N+]#Cc3cccc(NC(=O)c4ccccc4C(=O)O)c3F)cc2C(=O)O)c1. The standard InChI is InChI=1S/C30H16F2N4O6/c31-23-11-8-16(14-33)12-25(23)36-28(38)20-10-9-18(13-22(20)30(41)42)34-15-17-4-3-7-24(26(17)32)35-27(37)19-5-1-2-6-21(19)29(39)40/h1-13H,(H3-,35,36,37,38,39,40,41,42)/p+1. The number of amides is 2. The lowest BCUT2D eigenvalue weighted by Gasteiger charge is -2.08. The number of carboxylic acid groups (broad SMARTS) is 2. The highest BCUT2D eigenvalue weighted by molar-refractivity contribution is 6.12. The summed E-state index contributed by atoms with van der Waals surface area (Å²) in [6.07, 6.45) is 0. The molecule has 206 valence electrons. The van der Waals surface area contributed by atoms with Crippen molar-refractivity contribution in [2.75, 3.05) is 10.6 Å². The summed E-state index contributed by atoms with van der Waals surface area (Å²) in [4.78, 5) is 52.6. The molecule has 4 N–H and O–H groups in total. The number of halogens is 2. The summed E-state index contributed by atoms with van der Waals surface area (Å²) in [5, 5.41) is 32.5. The number of carbonyl (C=O) groups excluding carboxylic acids is 2. The van der Waals surface area contributed by atoms with E-state index in [1.54, 1.807) is 6.07 Å². The van der Waals surface area contributed by atoms with Crippen molar-refractivity contribution in [1.29, 1.82) is 5.26 Å². The van der Waals surface area contributed by atoms with Gasteiger partial charge in [0, 0.05) is 12.1 Å². The Balaban J connectivity index is 1.59. The number of hydrogen-bond donors (Lipinski definition) is 4. The Labute approximate surface area is 235 Å². The number of carbonyl (C=O) groups is 4. The Morgan fingerprint density at radius 3 is 2.02 bits per heavy atom. The predicted molar refractivity (Wildman–Crippen MR) is 146 cm³/mol.